The van der Waals surface area contributed by atoms with Crippen molar-refractivity contribution in [2.75, 3.05) is 6.54 Å². The lowest BCUT2D eigenvalue weighted by Crippen LogP contribution is -2.37. The fourth-order valence-corrected chi connectivity index (χ4v) is 2.52. The molecule has 108 valence electrons. The lowest BCUT2D eigenvalue weighted by molar-refractivity contribution is 0.282. The maximum absolute atomic E-state index is 3.74. The molecule has 2 unspecified atom stereocenters. The van der Waals surface area contributed by atoms with Crippen LogP contribution >= 0.6 is 0 Å². The molecule has 0 heterocycles. The fourth-order valence-electron chi connectivity index (χ4n) is 2.52. The Labute approximate surface area is 119 Å². The van der Waals surface area contributed by atoms with Gasteiger partial charge in [0.2, 0.25) is 0 Å². The molecule has 1 heteroatoms. The Hall–Kier alpha value is -0.820. The second-order valence-corrected chi connectivity index (χ2v) is 6.04. The Bertz CT molecular complexity index is 318. The summed E-state index contributed by atoms with van der Waals surface area (Å²) in [6.07, 6.45) is 4.99. The molecule has 0 aromatic heterocycles. The van der Waals surface area contributed by atoms with Crippen LogP contribution in [0, 0.1) is 11.8 Å². The van der Waals surface area contributed by atoms with Gasteiger partial charge in [0.25, 0.3) is 0 Å². The summed E-state index contributed by atoms with van der Waals surface area (Å²) in [5.41, 5.74) is 1.47. The third kappa shape index (κ3) is 6.24. The van der Waals surface area contributed by atoms with E-state index < -0.39 is 0 Å². The van der Waals surface area contributed by atoms with E-state index in [0.29, 0.717) is 6.04 Å². The van der Waals surface area contributed by atoms with E-state index in [1.54, 1.807) is 0 Å². The maximum Gasteiger partial charge on any atom is 0.00952 e. The van der Waals surface area contributed by atoms with Gasteiger partial charge in [-0.05, 0) is 49.6 Å². The van der Waals surface area contributed by atoms with Crippen LogP contribution in [0.1, 0.15) is 52.5 Å². The highest BCUT2D eigenvalue weighted by molar-refractivity contribution is 5.14. The van der Waals surface area contributed by atoms with Gasteiger partial charge in [0.15, 0.2) is 0 Å². The standard InChI is InChI=1S/C18H31N/c1-5-14-19-18(16(4)15(2)3)13-9-12-17-10-7-6-8-11-17/h6-8,10-11,15-16,18-19H,5,9,12-14H2,1-4H3. The molecule has 0 spiro atoms. The molecular weight excluding hydrogens is 230 g/mol. The van der Waals surface area contributed by atoms with E-state index in [1.807, 2.05) is 0 Å². The van der Waals surface area contributed by atoms with Gasteiger partial charge >= 0.3 is 0 Å². The van der Waals surface area contributed by atoms with E-state index in [2.05, 4.69) is 63.3 Å². The van der Waals surface area contributed by atoms with Crippen LogP contribution in [0.2, 0.25) is 0 Å². The first kappa shape index (κ1) is 16.2. The topological polar surface area (TPSA) is 12.0 Å². The van der Waals surface area contributed by atoms with Gasteiger partial charge in [0.05, 0.1) is 0 Å². The third-order valence-corrected chi connectivity index (χ3v) is 4.17. The van der Waals surface area contributed by atoms with Gasteiger partial charge in [0.1, 0.15) is 0 Å². The van der Waals surface area contributed by atoms with Crippen molar-refractivity contribution in [3.63, 3.8) is 0 Å². The van der Waals surface area contributed by atoms with Crippen molar-refractivity contribution in [2.45, 2.75) is 59.4 Å². The van der Waals surface area contributed by atoms with Gasteiger partial charge in [-0.15, -0.1) is 0 Å². The molecule has 0 aliphatic rings. The molecule has 0 fully saturated rings. The van der Waals surface area contributed by atoms with Gasteiger partial charge in [0, 0.05) is 6.04 Å². The highest BCUT2D eigenvalue weighted by atomic mass is 14.9. The zero-order chi connectivity index (χ0) is 14.1. The summed E-state index contributed by atoms with van der Waals surface area (Å²) in [5.74, 6) is 1.51. The predicted molar refractivity (Wildman–Crippen MR) is 85.5 cm³/mol. The zero-order valence-corrected chi connectivity index (χ0v) is 13.2. The fraction of sp³-hybridized carbons (Fsp3) is 0.667. The molecule has 1 aromatic carbocycles. The molecule has 0 radical (unpaired) electrons. The Morgan fingerprint density at radius 3 is 2.32 bits per heavy atom. The SMILES string of the molecule is CCCNC(CCCc1ccccc1)C(C)C(C)C. The number of hydrogen-bond acceptors (Lipinski definition) is 1. The Balaban J connectivity index is 2.39. The number of aryl methyl sites for hydroxylation is 1. The number of benzene rings is 1. The molecule has 1 aromatic rings. The van der Waals surface area contributed by atoms with Crippen LogP contribution < -0.4 is 5.32 Å². The molecule has 1 N–H and O–H groups in total. The molecule has 2 atom stereocenters. The van der Waals surface area contributed by atoms with E-state index in [1.165, 1.54) is 31.2 Å². The van der Waals surface area contributed by atoms with Crippen molar-refractivity contribution < 1.29 is 0 Å². The van der Waals surface area contributed by atoms with Crippen LogP contribution in [-0.2, 0) is 6.42 Å². The first-order valence-corrected chi connectivity index (χ1v) is 7.92. The van der Waals surface area contributed by atoms with Crippen LogP contribution in [-0.4, -0.2) is 12.6 Å². The second kappa shape index (κ2) is 9.14. The monoisotopic (exact) mass is 261 g/mol. The summed E-state index contributed by atoms with van der Waals surface area (Å²) in [6, 6.07) is 11.5. The third-order valence-electron chi connectivity index (χ3n) is 4.17. The minimum absolute atomic E-state index is 0.670. The molecule has 0 amide bonds. The molecule has 1 rings (SSSR count). The van der Waals surface area contributed by atoms with Gasteiger partial charge in [-0.1, -0.05) is 58.0 Å². The van der Waals surface area contributed by atoms with Crippen molar-refractivity contribution in [3.8, 4) is 0 Å². The highest BCUT2D eigenvalue weighted by Crippen LogP contribution is 2.19. The van der Waals surface area contributed by atoms with Crippen molar-refractivity contribution in [2.24, 2.45) is 11.8 Å². The van der Waals surface area contributed by atoms with E-state index in [9.17, 15) is 0 Å². The molecule has 0 bridgehead atoms. The Morgan fingerprint density at radius 1 is 1.05 bits per heavy atom. The summed E-state index contributed by atoms with van der Waals surface area (Å²) < 4.78 is 0. The average Bonchev–Trinajstić information content (AvgIpc) is 2.43. The summed E-state index contributed by atoms with van der Waals surface area (Å²) in [5, 5.41) is 3.74. The minimum Gasteiger partial charge on any atom is -0.314 e. The lowest BCUT2D eigenvalue weighted by Gasteiger charge is -2.28. The number of rotatable bonds is 9. The first-order chi connectivity index (χ1) is 9.15. The molecule has 0 aliphatic carbocycles. The number of hydrogen-bond donors (Lipinski definition) is 1. The minimum atomic E-state index is 0.670. The first-order valence-electron chi connectivity index (χ1n) is 7.92. The average molecular weight is 261 g/mol. The van der Waals surface area contributed by atoms with Gasteiger partial charge in [-0.2, -0.15) is 0 Å². The molecule has 1 nitrogen and oxygen atoms in total. The van der Waals surface area contributed by atoms with E-state index >= 15 is 0 Å². The summed E-state index contributed by atoms with van der Waals surface area (Å²) in [7, 11) is 0. The van der Waals surface area contributed by atoms with Crippen LogP contribution in [0.5, 0.6) is 0 Å². The van der Waals surface area contributed by atoms with Crippen LogP contribution in [0.25, 0.3) is 0 Å². The van der Waals surface area contributed by atoms with E-state index in [-0.39, 0.29) is 0 Å². The van der Waals surface area contributed by atoms with E-state index in [0.717, 1.165) is 18.4 Å². The van der Waals surface area contributed by atoms with Crippen molar-refractivity contribution in [3.05, 3.63) is 35.9 Å². The van der Waals surface area contributed by atoms with E-state index in [4.69, 9.17) is 0 Å². The molecule has 0 saturated heterocycles. The quantitative estimate of drug-likeness (QED) is 0.681. The summed E-state index contributed by atoms with van der Waals surface area (Å²) >= 11 is 0. The van der Waals surface area contributed by atoms with Crippen LogP contribution in [0.15, 0.2) is 30.3 Å². The molecular formula is C18H31N. The maximum atomic E-state index is 3.74. The van der Waals surface area contributed by atoms with Gasteiger partial charge < -0.3 is 5.32 Å². The number of nitrogens with one attached hydrogen (secondary N) is 1. The lowest BCUT2D eigenvalue weighted by atomic mass is 9.87. The summed E-state index contributed by atoms with van der Waals surface area (Å²) in [4.78, 5) is 0. The summed E-state index contributed by atoms with van der Waals surface area (Å²) in [6.45, 7) is 10.5. The smallest absolute Gasteiger partial charge is 0.00952 e. The van der Waals surface area contributed by atoms with Crippen molar-refractivity contribution in [1.29, 1.82) is 0 Å². The van der Waals surface area contributed by atoms with Crippen molar-refractivity contribution >= 4 is 0 Å². The Morgan fingerprint density at radius 2 is 1.74 bits per heavy atom. The molecule has 0 saturated carbocycles. The normalized spacial score (nSPS) is 14.6. The molecule has 19 heavy (non-hydrogen) atoms. The second-order valence-electron chi connectivity index (χ2n) is 6.04. The Kier molecular flexibility index (Phi) is 7.81. The van der Waals surface area contributed by atoms with Crippen LogP contribution in [0.4, 0.5) is 0 Å². The van der Waals surface area contributed by atoms with Crippen LogP contribution in [0.3, 0.4) is 0 Å². The van der Waals surface area contributed by atoms with Gasteiger partial charge in [-0.3, -0.25) is 0 Å². The highest BCUT2D eigenvalue weighted by Gasteiger charge is 2.18. The van der Waals surface area contributed by atoms with Crippen molar-refractivity contribution in [1.82, 2.24) is 5.32 Å². The van der Waals surface area contributed by atoms with Gasteiger partial charge in [-0.25, -0.2) is 0 Å². The molecule has 0 aliphatic heterocycles. The predicted octanol–water partition coefficient (Wildman–Crippen LogP) is 4.67. The largest absolute Gasteiger partial charge is 0.314 e. The zero-order valence-electron chi connectivity index (χ0n) is 13.2.